The van der Waals surface area contributed by atoms with Crippen LogP contribution in [-0.2, 0) is 20.3 Å². The minimum absolute atomic E-state index is 0. The Bertz CT molecular complexity index is 791. The van der Waals surface area contributed by atoms with Gasteiger partial charge in [-0.05, 0) is 0 Å². The van der Waals surface area contributed by atoms with Gasteiger partial charge in [0.2, 0.25) is 0 Å². The molecule has 0 radical (unpaired) electrons. The van der Waals surface area contributed by atoms with Crippen molar-refractivity contribution in [2.75, 3.05) is 0 Å². The third-order valence-electron chi connectivity index (χ3n) is 6.66. The van der Waals surface area contributed by atoms with Gasteiger partial charge >= 0.3 is 157 Å². The van der Waals surface area contributed by atoms with Gasteiger partial charge in [0.1, 0.15) is 0 Å². The molecule has 0 aromatic heterocycles. The van der Waals surface area contributed by atoms with E-state index in [4.69, 9.17) is 0 Å². The van der Waals surface area contributed by atoms with Crippen molar-refractivity contribution in [2.24, 2.45) is 11.8 Å². The van der Waals surface area contributed by atoms with Gasteiger partial charge in [0.25, 0.3) is 0 Å². The van der Waals surface area contributed by atoms with Crippen LogP contribution in [0.15, 0.2) is 95.2 Å². The minimum Gasteiger partial charge on any atom is -1.00 e. The zero-order valence-corrected chi connectivity index (χ0v) is 19.9. The van der Waals surface area contributed by atoms with Crippen LogP contribution in [0, 0.1) is 11.8 Å². The van der Waals surface area contributed by atoms with Gasteiger partial charge < -0.3 is 24.8 Å². The molecule has 1 saturated heterocycles. The fraction of sp³-hybridized carbons (Fsp3) is 0.333. The second kappa shape index (κ2) is 8.02. The van der Waals surface area contributed by atoms with E-state index in [1.807, 2.05) is 0 Å². The molecule has 27 heavy (non-hydrogen) atoms. The average molecular weight is 477 g/mol. The molecular formula is C24H26Cl2Zr. The molecule has 5 aliphatic rings. The van der Waals surface area contributed by atoms with Crippen molar-refractivity contribution in [3.63, 3.8) is 0 Å². The Balaban J connectivity index is 0.00000105. The maximum atomic E-state index is 2.57. The normalized spacial score (nSPS) is 32.8. The monoisotopic (exact) mass is 474 g/mol. The Hall–Kier alpha value is -0.617. The van der Waals surface area contributed by atoms with Crippen LogP contribution in [0.4, 0.5) is 0 Å². The van der Waals surface area contributed by atoms with Gasteiger partial charge in [0, 0.05) is 0 Å². The number of rotatable bonds is 2. The van der Waals surface area contributed by atoms with E-state index in [-0.39, 0.29) is 24.8 Å². The van der Waals surface area contributed by atoms with Crippen molar-refractivity contribution >= 4 is 0 Å². The number of allylic oxidation sites excluding steroid dienone is 16. The molecule has 0 spiro atoms. The van der Waals surface area contributed by atoms with Gasteiger partial charge in [0.05, 0.1) is 0 Å². The van der Waals surface area contributed by atoms with Crippen LogP contribution in [0.3, 0.4) is 0 Å². The molecule has 5 rings (SSSR count). The first-order valence-electron chi connectivity index (χ1n) is 9.75. The van der Waals surface area contributed by atoms with E-state index in [1.165, 1.54) is 11.1 Å². The molecule has 4 atom stereocenters. The van der Waals surface area contributed by atoms with Crippen molar-refractivity contribution in [3.8, 4) is 0 Å². The Kier molecular flexibility index (Phi) is 6.27. The second-order valence-corrected chi connectivity index (χ2v) is 20.0. The van der Waals surface area contributed by atoms with Crippen molar-refractivity contribution in [1.29, 1.82) is 0 Å². The summed E-state index contributed by atoms with van der Waals surface area (Å²) in [7, 11) is 0. The van der Waals surface area contributed by atoms with Gasteiger partial charge in [-0.15, -0.1) is 0 Å². The molecule has 4 unspecified atom stereocenters. The minimum atomic E-state index is -2.24. The maximum absolute atomic E-state index is 2.57. The maximum Gasteiger partial charge on any atom is -1.00 e. The summed E-state index contributed by atoms with van der Waals surface area (Å²) in [6, 6.07) is 0. The van der Waals surface area contributed by atoms with Gasteiger partial charge in [-0.1, -0.05) is 0 Å². The van der Waals surface area contributed by atoms with Crippen LogP contribution in [0.25, 0.3) is 0 Å². The Morgan fingerprint density at radius 1 is 0.593 bits per heavy atom. The molecule has 0 aromatic carbocycles. The molecule has 4 aliphatic carbocycles. The van der Waals surface area contributed by atoms with Crippen LogP contribution >= 0.6 is 0 Å². The third kappa shape index (κ3) is 3.57. The standard InChI is InChI=1S/2C11H11.C2H4.2ClH.Zr/c2*1-9-5-7-10-3-2-4-11(10)8-6-9;1-2;;;/h2*2-9H,1H3;1-2H2;2*1H;/q;;;;;+2/p-2. The SMILES string of the molecule is CC1C=CC2=C(C=C1)[CH]([Zr+2]1([CH]3C=CC4=C3C=CC(C)C=C4)[CH2][CH2]1)C=C2.[Cl-].[Cl-]. The first-order chi connectivity index (χ1) is 12.2. The van der Waals surface area contributed by atoms with Gasteiger partial charge in [0.15, 0.2) is 0 Å². The predicted molar refractivity (Wildman–Crippen MR) is 104 cm³/mol. The first-order valence-corrected chi connectivity index (χ1v) is 16.1. The summed E-state index contributed by atoms with van der Waals surface area (Å²) in [5.41, 5.74) is 6.24. The second-order valence-electron chi connectivity index (χ2n) is 8.38. The molecule has 1 heterocycles. The van der Waals surface area contributed by atoms with E-state index in [1.54, 1.807) is 19.4 Å². The smallest absolute Gasteiger partial charge is 1.00 e. The van der Waals surface area contributed by atoms with Crippen LogP contribution in [-0.4, -0.2) is 0 Å². The molecule has 0 N–H and O–H groups in total. The molecule has 140 valence electrons. The Labute approximate surface area is 180 Å². The summed E-state index contributed by atoms with van der Waals surface area (Å²) in [6.45, 7) is 4.56. The summed E-state index contributed by atoms with van der Waals surface area (Å²) >= 11 is -2.24. The van der Waals surface area contributed by atoms with Crippen LogP contribution in [0.1, 0.15) is 13.8 Å². The van der Waals surface area contributed by atoms with Crippen molar-refractivity contribution in [2.45, 2.75) is 29.4 Å². The molecule has 1 fully saturated rings. The topological polar surface area (TPSA) is 0 Å². The zero-order valence-electron chi connectivity index (χ0n) is 15.9. The molecule has 0 aromatic rings. The fourth-order valence-corrected chi connectivity index (χ4v) is 20.6. The number of hydrogen-bond acceptors (Lipinski definition) is 0. The molecule has 1 aliphatic heterocycles. The van der Waals surface area contributed by atoms with E-state index in [2.05, 4.69) is 86.8 Å². The summed E-state index contributed by atoms with van der Waals surface area (Å²) in [4.78, 5) is 0. The summed E-state index contributed by atoms with van der Waals surface area (Å²) in [6.07, 6.45) is 29.1. The zero-order chi connectivity index (χ0) is 17.0. The fourth-order valence-electron chi connectivity index (χ4n) is 4.97. The summed E-state index contributed by atoms with van der Waals surface area (Å²) in [5, 5.41) is 0. The van der Waals surface area contributed by atoms with Crippen LogP contribution < -0.4 is 24.8 Å². The molecule has 0 amide bonds. The van der Waals surface area contributed by atoms with E-state index in [0.717, 1.165) is 7.25 Å². The Morgan fingerprint density at radius 3 is 1.37 bits per heavy atom. The van der Waals surface area contributed by atoms with Crippen LogP contribution in [0.5, 0.6) is 0 Å². The Morgan fingerprint density at radius 2 is 0.963 bits per heavy atom. The van der Waals surface area contributed by atoms with Gasteiger partial charge in [-0.2, -0.15) is 0 Å². The predicted octanol–water partition coefficient (Wildman–Crippen LogP) is 0.832. The molecular weight excluding hydrogens is 450 g/mol. The quantitative estimate of drug-likeness (QED) is 0.554. The van der Waals surface area contributed by atoms with Gasteiger partial charge in [-0.25, -0.2) is 0 Å². The van der Waals surface area contributed by atoms with E-state index in [0.29, 0.717) is 11.8 Å². The van der Waals surface area contributed by atoms with Crippen molar-refractivity contribution in [1.82, 2.24) is 0 Å². The van der Waals surface area contributed by atoms with Crippen molar-refractivity contribution in [3.05, 3.63) is 95.2 Å². The molecule has 0 bridgehead atoms. The van der Waals surface area contributed by atoms with E-state index in [9.17, 15) is 0 Å². The van der Waals surface area contributed by atoms with E-state index < -0.39 is 20.3 Å². The summed E-state index contributed by atoms with van der Waals surface area (Å²) < 4.78 is 4.64. The first kappa shape index (κ1) is 21.1. The number of hydrogen-bond donors (Lipinski definition) is 0. The average Bonchev–Trinajstić information content (AvgIpc) is 3.25. The number of halogens is 2. The van der Waals surface area contributed by atoms with Crippen molar-refractivity contribution < 1.29 is 45.1 Å². The molecule has 0 saturated carbocycles. The molecule has 0 nitrogen and oxygen atoms in total. The largest absolute Gasteiger partial charge is 1.00 e. The third-order valence-corrected chi connectivity index (χ3v) is 19.3. The van der Waals surface area contributed by atoms with Crippen LogP contribution in [0.2, 0.25) is 15.5 Å². The summed E-state index contributed by atoms with van der Waals surface area (Å²) in [5.74, 6) is 1.12. The van der Waals surface area contributed by atoms with Gasteiger partial charge in [-0.3, -0.25) is 0 Å². The molecule has 3 heteroatoms. The van der Waals surface area contributed by atoms with E-state index >= 15 is 0 Å².